The van der Waals surface area contributed by atoms with Crippen LogP contribution < -0.4 is 0 Å². The van der Waals surface area contributed by atoms with Gasteiger partial charge < -0.3 is 4.74 Å². The van der Waals surface area contributed by atoms with Crippen LogP contribution in [0.3, 0.4) is 0 Å². The first kappa shape index (κ1) is 10.9. The topological polar surface area (TPSA) is 22.1 Å². The molecule has 0 N–H and O–H groups in total. The van der Waals surface area contributed by atoms with E-state index < -0.39 is 0 Å². The number of hydrogen-bond acceptors (Lipinski definition) is 2. The average molecular weight is 291 g/mol. The number of methoxy groups -OCH3 is 1. The van der Waals surface area contributed by atoms with Gasteiger partial charge in [-0.25, -0.2) is 0 Å². The highest BCUT2D eigenvalue weighted by atomic mass is 127. The lowest BCUT2D eigenvalue weighted by atomic mass is 9.90. The number of ether oxygens (including phenoxy) is 1. The van der Waals surface area contributed by atoms with Crippen LogP contribution in [-0.2, 0) is 10.2 Å². The van der Waals surface area contributed by atoms with Crippen LogP contribution in [0.2, 0.25) is 0 Å². The van der Waals surface area contributed by atoms with E-state index >= 15 is 0 Å². The summed E-state index contributed by atoms with van der Waals surface area (Å²) in [6.45, 7) is 4.96. The van der Waals surface area contributed by atoms with E-state index in [4.69, 9.17) is 4.74 Å². The molecule has 1 heterocycles. The van der Waals surface area contributed by atoms with Gasteiger partial charge in [0, 0.05) is 28.0 Å². The minimum absolute atomic E-state index is 0.000903. The maximum absolute atomic E-state index is 5.15. The molecule has 0 amide bonds. The van der Waals surface area contributed by atoms with Crippen LogP contribution in [0, 0.1) is 3.57 Å². The van der Waals surface area contributed by atoms with E-state index in [-0.39, 0.29) is 5.41 Å². The fourth-order valence-electron chi connectivity index (χ4n) is 1.21. The third kappa shape index (κ3) is 2.91. The number of hydrogen-bond donors (Lipinski definition) is 0. The molecule has 72 valence electrons. The van der Waals surface area contributed by atoms with Crippen LogP contribution in [0.4, 0.5) is 0 Å². The number of rotatable bonds is 3. The summed E-state index contributed by atoms with van der Waals surface area (Å²) in [6, 6.07) is 4.13. The SMILES string of the molecule is COCC(C)(C)c1ccc(I)cn1. The smallest absolute Gasteiger partial charge is 0.0568 e. The zero-order chi connectivity index (χ0) is 9.90. The second-order valence-corrected chi connectivity index (χ2v) is 4.92. The van der Waals surface area contributed by atoms with Gasteiger partial charge in [0.15, 0.2) is 0 Å². The molecule has 0 aliphatic carbocycles. The Balaban J connectivity index is 2.87. The van der Waals surface area contributed by atoms with Crippen LogP contribution in [0.1, 0.15) is 19.5 Å². The molecular formula is C10H14INO. The molecule has 0 atom stereocenters. The second kappa shape index (κ2) is 4.37. The number of pyridine rings is 1. The molecule has 0 radical (unpaired) electrons. The van der Waals surface area contributed by atoms with Gasteiger partial charge in [-0.15, -0.1) is 0 Å². The fourth-order valence-corrected chi connectivity index (χ4v) is 1.53. The highest BCUT2D eigenvalue weighted by Crippen LogP contribution is 2.21. The first-order valence-corrected chi connectivity index (χ1v) is 5.25. The normalized spacial score (nSPS) is 11.7. The van der Waals surface area contributed by atoms with Gasteiger partial charge in [0.1, 0.15) is 0 Å². The summed E-state index contributed by atoms with van der Waals surface area (Å²) in [7, 11) is 1.72. The van der Waals surface area contributed by atoms with Gasteiger partial charge in [0.2, 0.25) is 0 Å². The molecule has 1 rings (SSSR count). The molecule has 0 bridgehead atoms. The Kier molecular flexibility index (Phi) is 3.67. The monoisotopic (exact) mass is 291 g/mol. The third-order valence-electron chi connectivity index (χ3n) is 1.93. The number of halogens is 1. The van der Waals surface area contributed by atoms with Gasteiger partial charge in [-0.05, 0) is 34.7 Å². The van der Waals surface area contributed by atoms with E-state index in [0.717, 1.165) is 9.26 Å². The molecule has 2 nitrogen and oxygen atoms in total. The molecular weight excluding hydrogens is 277 g/mol. The largest absolute Gasteiger partial charge is 0.384 e. The van der Waals surface area contributed by atoms with E-state index in [2.05, 4.69) is 53.6 Å². The Hall–Kier alpha value is -0.160. The lowest BCUT2D eigenvalue weighted by Crippen LogP contribution is -2.24. The van der Waals surface area contributed by atoms with Crippen LogP contribution in [0.25, 0.3) is 0 Å². The van der Waals surface area contributed by atoms with E-state index in [1.807, 2.05) is 6.20 Å². The summed E-state index contributed by atoms with van der Waals surface area (Å²) in [5.74, 6) is 0. The lowest BCUT2D eigenvalue weighted by Gasteiger charge is -2.22. The molecule has 0 aliphatic rings. The van der Waals surface area contributed by atoms with Gasteiger partial charge in [-0.3, -0.25) is 4.98 Å². The summed E-state index contributed by atoms with van der Waals surface area (Å²) in [5, 5.41) is 0. The van der Waals surface area contributed by atoms with Crippen molar-refractivity contribution in [1.29, 1.82) is 0 Å². The molecule has 3 heteroatoms. The van der Waals surface area contributed by atoms with Gasteiger partial charge in [0.25, 0.3) is 0 Å². The Bertz CT molecular complexity index is 269. The molecule has 0 fully saturated rings. The van der Waals surface area contributed by atoms with E-state index in [0.29, 0.717) is 6.61 Å². The molecule has 13 heavy (non-hydrogen) atoms. The molecule has 1 aromatic heterocycles. The van der Waals surface area contributed by atoms with Crippen LogP contribution >= 0.6 is 22.6 Å². The molecule has 0 saturated heterocycles. The van der Waals surface area contributed by atoms with Crippen molar-refractivity contribution in [2.45, 2.75) is 19.3 Å². The fraction of sp³-hybridized carbons (Fsp3) is 0.500. The van der Waals surface area contributed by atoms with Gasteiger partial charge in [-0.1, -0.05) is 13.8 Å². The molecule has 0 unspecified atom stereocenters. The highest BCUT2D eigenvalue weighted by Gasteiger charge is 2.21. The summed E-state index contributed by atoms with van der Waals surface area (Å²) in [6.07, 6.45) is 1.88. The quantitative estimate of drug-likeness (QED) is 0.799. The van der Waals surface area contributed by atoms with Gasteiger partial charge in [0.05, 0.1) is 6.61 Å². The molecule has 0 saturated carbocycles. The van der Waals surface area contributed by atoms with Gasteiger partial charge in [-0.2, -0.15) is 0 Å². The average Bonchev–Trinajstić information content (AvgIpc) is 2.05. The predicted molar refractivity (Wildman–Crippen MR) is 61.9 cm³/mol. The molecule has 0 spiro atoms. The summed E-state index contributed by atoms with van der Waals surface area (Å²) >= 11 is 2.25. The lowest BCUT2D eigenvalue weighted by molar-refractivity contribution is 0.144. The van der Waals surface area contributed by atoms with Crippen molar-refractivity contribution < 1.29 is 4.74 Å². The number of nitrogens with zero attached hydrogens (tertiary/aromatic N) is 1. The Labute approximate surface area is 92.9 Å². The van der Waals surface area contributed by atoms with Gasteiger partial charge >= 0.3 is 0 Å². The Morgan fingerprint density at radius 2 is 2.15 bits per heavy atom. The van der Waals surface area contributed by atoms with Crippen molar-refractivity contribution >= 4 is 22.6 Å². The van der Waals surface area contributed by atoms with E-state index in [9.17, 15) is 0 Å². The summed E-state index contributed by atoms with van der Waals surface area (Å²) in [4.78, 5) is 4.38. The first-order chi connectivity index (χ1) is 6.06. The summed E-state index contributed by atoms with van der Waals surface area (Å²) in [5.41, 5.74) is 1.08. The maximum Gasteiger partial charge on any atom is 0.0568 e. The minimum Gasteiger partial charge on any atom is -0.384 e. The Morgan fingerprint density at radius 3 is 2.62 bits per heavy atom. The number of aromatic nitrogens is 1. The van der Waals surface area contributed by atoms with Crippen molar-refractivity contribution in [2.24, 2.45) is 0 Å². The van der Waals surface area contributed by atoms with E-state index in [1.165, 1.54) is 0 Å². The zero-order valence-corrected chi connectivity index (χ0v) is 10.3. The maximum atomic E-state index is 5.15. The first-order valence-electron chi connectivity index (χ1n) is 4.17. The van der Waals surface area contributed by atoms with Crippen molar-refractivity contribution in [3.63, 3.8) is 0 Å². The predicted octanol–water partition coefficient (Wildman–Crippen LogP) is 2.61. The second-order valence-electron chi connectivity index (χ2n) is 3.68. The van der Waals surface area contributed by atoms with Crippen LogP contribution in [0.5, 0.6) is 0 Å². The minimum atomic E-state index is -0.000903. The summed E-state index contributed by atoms with van der Waals surface area (Å²) < 4.78 is 6.31. The highest BCUT2D eigenvalue weighted by molar-refractivity contribution is 14.1. The van der Waals surface area contributed by atoms with Crippen molar-refractivity contribution in [1.82, 2.24) is 4.98 Å². The Morgan fingerprint density at radius 1 is 1.46 bits per heavy atom. The van der Waals surface area contributed by atoms with Crippen molar-refractivity contribution in [3.05, 3.63) is 27.6 Å². The van der Waals surface area contributed by atoms with Crippen molar-refractivity contribution in [2.75, 3.05) is 13.7 Å². The van der Waals surface area contributed by atoms with Crippen molar-refractivity contribution in [3.8, 4) is 0 Å². The van der Waals surface area contributed by atoms with E-state index in [1.54, 1.807) is 7.11 Å². The van der Waals surface area contributed by atoms with Crippen LogP contribution in [-0.4, -0.2) is 18.7 Å². The molecule has 0 aromatic carbocycles. The third-order valence-corrected chi connectivity index (χ3v) is 2.56. The zero-order valence-electron chi connectivity index (χ0n) is 8.17. The molecule has 1 aromatic rings. The van der Waals surface area contributed by atoms with Crippen LogP contribution in [0.15, 0.2) is 18.3 Å². The molecule has 0 aliphatic heterocycles. The standard InChI is InChI=1S/C10H14INO/c1-10(2,7-13-3)9-5-4-8(11)6-12-9/h4-6H,7H2,1-3H3.